The highest BCUT2D eigenvalue weighted by molar-refractivity contribution is 7.89. The predicted octanol–water partition coefficient (Wildman–Crippen LogP) is 5.36. The van der Waals surface area contributed by atoms with Crippen molar-refractivity contribution < 1.29 is 40.7 Å². The third kappa shape index (κ3) is 7.45. The van der Waals surface area contributed by atoms with Crippen LogP contribution in [0.3, 0.4) is 0 Å². The minimum Gasteiger partial charge on any atom is -0.398 e. The molecule has 0 radical (unpaired) electrons. The number of hydrogen-bond donors (Lipinski definition) is 4. The number of nitrogen functional groups attached to an aromatic ring is 1. The number of rotatable bonds is 9. The molecule has 2 unspecified atom stereocenters. The van der Waals surface area contributed by atoms with Crippen LogP contribution in [0.4, 0.5) is 28.9 Å². The van der Waals surface area contributed by atoms with Crippen molar-refractivity contribution in [3.8, 4) is 0 Å². The van der Waals surface area contributed by atoms with Crippen molar-refractivity contribution in [2.45, 2.75) is 48.3 Å². The second-order valence-corrected chi connectivity index (χ2v) is 13.9. The molecule has 2 aliphatic rings. The first kappa shape index (κ1) is 34.8. The zero-order chi connectivity index (χ0) is 34.9. The van der Waals surface area contributed by atoms with Crippen LogP contribution in [0.5, 0.6) is 0 Å². The second kappa shape index (κ2) is 13.5. The van der Waals surface area contributed by atoms with Gasteiger partial charge in [-0.1, -0.05) is 36.4 Å². The van der Waals surface area contributed by atoms with E-state index in [0.29, 0.717) is 23.6 Å². The maximum atomic E-state index is 13.9. The number of allylic oxidation sites excluding steroid dienone is 3. The molecule has 2 amide bonds. The molecule has 48 heavy (non-hydrogen) atoms. The van der Waals surface area contributed by atoms with Crippen LogP contribution < -0.4 is 16.8 Å². The predicted molar refractivity (Wildman–Crippen MR) is 171 cm³/mol. The molecule has 0 spiro atoms. The molecule has 1 fully saturated rings. The van der Waals surface area contributed by atoms with Gasteiger partial charge < -0.3 is 21.9 Å². The average Bonchev–Trinajstić information content (AvgIpc) is 3.05. The molecule has 0 bridgehead atoms. The number of benzene rings is 3. The van der Waals surface area contributed by atoms with Gasteiger partial charge in [-0.15, -0.1) is 0 Å². The Morgan fingerprint density at radius 3 is 2.38 bits per heavy atom. The Bertz CT molecular complexity index is 1890. The number of carbonyl (C=O) groups is 2. The highest BCUT2D eigenvalue weighted by Crippen LogP contribution is 2.40. The molecule has 1 heterocycles. The van der Waals surface area contributed by atoms with E-state index < -0.39 is 56.6 Å². The van der Waals surface area contributed by atoms with Crippen LogP contribution in [0.15, 0.2) is 95.4 Å². The van der Waals surface area contributed by atoms with E-state index in [1.807, 2.05) is 18.2 Å². The van der Waals surface area contributed by atoms with Gasteiger partial charge in [-0.05, 0) is 84.8 Å². The largest absolute Gasteiger partial charge is 0.418 e. The van der Waals surface area contributed by atoms with E-state index in [1.54, 1.807) is 24.3 Å². The number of piperidine rings is 1. The van der Waals surface area contributed by atoms with E-state index in [9.17, 15) is 40.7 Å². The number of alkyl halides is 3. The second-order valence-electron chi connectivity index (χ2n) is 12.0. The van der Waals surface area contributed by atoms with Crippen LogP contribution in [0, 0.1) is 11.7 Å². The monoisotopic (exact) mass is 686 g/mol. The Hall–Kier alpha value is -4.53. The fourth-order valence-electron chi connectivity index (χ4n) is 6.21. The average molecular weight is 687 g/mol. The lowest BCUT2D eigenvalue weighted by atomic mass is 9.75. The number of sulfonamides is 1. The molecule has 1 aliphatic heterocycles. The number of nitrogens with one attached hydrogen (secondary N) is 1. The van der Waals surface area contributed by atoms with Gasteiger partial charge in [-0.2, -0.15) is 17.5 Å². The van der Waals surface area contributed by atoms with Gasteiger partial charge >= 0.3 is 6.18 Å². The molecule has 0 aromatic heterocycles. The molecule has 3 aromatic carbocycles. The standard InChI is InChI=1S/C34H34F4N4O5S/c35-26-8-3-9-28(18-26)48(46,47)42-14-12-25(13-15-42)33(45,32(44)41-27-10-11-30(39)29(19-27)34(36,37)38)20-21-4-1-5-22(16-21)23-6-2-7-24(17-23)31(40)43/h1-4,6-11,16-19,22,25,45H,5,12-15,20,39H2,(H2,40,43)(H,41,44). The normalized spacial score (nSPS) is 18.9. The molecule has 1 aliphatic carbocycles. The summed E-state index contributed by atoms with van der Waals surface area (Å²) in [5.41, 5.74) is 8.49. The number of aliphatic hydroxyl groups is 1. The van der Waals surface area contributed by atoms with Crippen molar-refractivity contribution in [1.82, 2.24) is 4.31 Å². The summed E-state index contributed by atoms with van der Waals surface area (Å²) in [7, 11) is -4.08. The summed E-state index contributed by atoms with van der Waals surface area (Å²) < 4.78 is 82.1. The van der Waals surface area contributed by atoms with Crippen molar-refractivity contribution in [2.24, 2.45) is 11.7 Å². The maximum Gasteiger partial charge on any atom is 0.418 e. The highest BCUT2D eigenvalue weighted by atomic mass is 32.2. The Balaban J connectivity index is 1.44. The fourth-order valence-corrected chi connectivity index (χ4v) is 7.71. The molecule has 5 rings (SSSR count). The lowest BCUT2D eigenvalue weighted by molar-refractivity contribution is -0.142. The number of primary amides is 1. The summed E-state index contributed by atoms with van der Waals surface area (Å²) in [6.07, 6.45) is 0.985. The van der Waals surface area contributed by atoms with Crippen LogP contribution in [-0.2, 0) is 21.0 Å². The first-order valence-corrected chi connectivity index (χ1v) is 16.5. The van der Waals surface area contributed by atoms with Gasteiger partial charge in [-0.3, -0.25) is 9.59 Å². The minimum absolute atomic E-state index is 0.0229. The van der Waals surface area contributed by atoms with Crippen LogP contribution >= 0.6 is 0 Å². The van der Waals surface area contributed by atoms with Gasteiger partial charge in [0.05, 0.1) is 10.5 Å². The zero-order valence-corrected chi connectivity index (χ0v) is 26.4. The van der Waals surface area contributed by atoms with E-state index >= 15 is 0 Å². The number of carbonyl (C=O) groups excluding carboxylic acids is 2. The molecule has 0 saturated carbocycles. The Labute approximate surface area is 275 Å². The summed E-state index contributed by atoms with van der Waals surface area (Å²) in [6.45, 7) is -0.201. The van der Waals surface area contributed by atoms with Gasteiger partial charge in [-0.25, -0.2) is 12.8 Å². The molecule has 254 valence electrons. The molecule has 2 atom stereocenters. The van der Waals surface area contributed by atoms with Crippen molar-refractivity contribution in [3.05, 3.63) is 113 Å². The number of nitrogens with zero attached hydrogens (tertiary/aromatic N) is 1. The summed E-state index contributed by atoms with van der Waals surface area (Å²) in [6, 6.07) is 14.2. The number of halogens is 4. The van der Waals surface area contributed by atoms with E-state index in [-0.39, 0.29) is 48.9 Å². The third-order valence-corrected chi connectivity index (χ3v) is 10.7. The van der Waals surface area contributed by atoms with Gasteiger partial charge in [0.25, 0.3) is 5.91 Å². The molecule has 3 aromatic rings. The SMILES string of the molecule is NC(=O)c1cccc(C2C=C(CC(O)(C(=O)Nc3ccc(N)c(C(F)(F)F)c3)C3CCN(S(=O)(=O)c4cccc(F)c4)CC3)C=CC2)c1. The van der Waals surface area contributed by atoms with Crippen LogP contribution in [0.2, 0.25) is 0 Å². The summed E-state index contributed by atoms with van der Waals surface area (Å²) in [4.78, 5) is 25.4. The third-order valence-electron chi connectivity index (χ3n) is 8.78. The lowest BCUT2D eigenvalue weighted by Crippen LogP contribution is -2.53. The fraction of sp³-hybridized carbons (Fsp3) is 0.294. The van der Waals surface area contributed by atoms with E-state index in [0.717, 1.165) is 28.1 Å². The van der Waals surface area contributed by atoms with Crippen molar-refractivity contribution in [3.63, 3.8) is 0 Å². The topological polar surface area (TPSA) is 156 Å². The van der Waals surface area contributed by atoms with Gasteiger partial charge in [0.2, 0.25) is 15.9 Å². The van der Waals surface area contributed by atoms with Gasteiger partial charge in [0.15, 0.2) is 0 Å². The van der Waals surface area contributed by atoms with E-state index in [4.69, 9.17) is 11.5 Å². The van der Waals surface area contributed by atoms with Gasteiger partial charge in [0.1, 0.15) is 11.4 Å². The zero-order valence-electron chi connectivity index (χ0n) is 25.6. The Kier molecular flexibility index (Phi) is 9.81. The number of anilines is 2. The Morgan fingerprint density at radius 2 is 1.71 bits per heavy atom. The number of nitrogens with two attached hydrogens (primary N) is 2. The summed E-state index contributed by atoms with van der Waals surface area (Å²) >= 11 is 0. The number of hydrogen-bond acceptors (Lipinski definition) is 6. The lowest BCUT2D eigenvalue weighted by Gasteiger charge is -2.40. The highest BCUT2D eigenvalue weighted by Gasteiger charge is 2.47. The van der Waals surface area contributed by atoms with Gasteiger partial charge in [0, 0.05) is 42.4 Å². The quantitative estimate of drug-likeness (QED) is 0.176. The minimum atomic E-state index is -4.79. The van der Waals surface area contributed by atoms with Crippen LogP contribution in [0.1, 0.15) is 53.1 Å². The molecular formula is C34H34F4N4O5S. The molecule has 6 N–H and O–H groups in total. The van der Waals surface area contributed by atoms with E-state index in [1.165, 1.54) is 18.2 Å². The molecule has 9 nitrogen and oxygen atoms in total. The summed E-state index contributed by atoms with van der Waals surface area (Å²) in [5, 5.41) is 14.6. The first-order chi connectivity index (χ1) is 22.6. The van der Waals surface area contributed by atoms with Crippen LogP contribution in [-0.4, -0.2) is 48.3 Å². The first-order valence-electron chi connectivity index (χ1n) is 15.1. The van der Waals surface area contributed by atoms with E-state index in [2.05, 4.69) is 5.32 Å². The van der Waals surface area contributed by atoms with Crippen molar-refractivity contribution in [2.75, 3.05) is 24.1 Å². The Morgan fingerprint density at radius 1 is 1.00 bits per heavy atom. The summed E-state index contributed by atoms with van der Waals surface area (Å²) in [5.74, 6) is -3.34. The number of amides is 2. The molecular weight excluding hydrogens is 652 g/mol. The molecule has 1 saturated heterocycles. The van der Waals surface area contributed by atoms with Crippen molar-refractivity contribution in [1.29, 1.82) is 0 Å². The van der Waals surface area contributed by atoms with Crippen molar-refractivity contribution >= 4 is 33.2 Å². The van der Waals surface area contributed by atoms with Crippen LogP contribution in [0.25, 0.3) is 0 Å². The smallest absolute Gasteiger partial charge is 0.398 e. The molecule has 14 heteroatoms. The maximum absolute atomic E-state index is 13.9.